The molecule has 0 aromatic heterocycles. The summed E-state index contributed by atoms with van der Waals surface area (Å²) in [6, 6.07) is 7.01. The molecule has 1 amide bonds. The zero-order valence-electron chi connectivity index (χ0n) is 14.2. The molecule has 1 aromatic carbocycles. The number of carbonyl (C=O) groups is 2. The lowest BCUT2D eigenvalue weighted by atomic mass is 10.0. The van der Waals surface area contributed by atoms with Gasteiger partial charge >= 0.3 is 0 Å². The van der Waals surface area contributed by atoms with Crippen LogP contribution in [-0.2, 0) is 9.59 Å². The van der Waals surface area contributed by atoms with Crippen molar-refractivity contribution >= 4 is 11.9 Å². The van der Waals surface area contributed by atoms with E-state index in [1.165, 1.54) is 21.6 Å². The van der Waals surface area contributed by atoms with E-state index >= 15 is 0 Å². The highest BCUT2D eigenvalue weighted by atomic mass is 16.4. The molecule has 1 fully saturated rings. The molecule has 0 unspecified atom stereocenters. The van der Waals surface area contributed by atoms with Gasteiger partial charge in [-0.2, -0.15) is 0 Å². The summed E-state index contributed by atoms with van der Waals surface area (Å²) in [7, 11) is 0. The van der Waals surface area contributed by atoms with Crippen LogP contribution in [0.5, 0.6) is 0 Å². The number of carboxylic acids is 1. The van der Waals surface area contributed by atoms with Crippen LogP contribution in [-0.4, -0.2) is 43.0 Å². The van der Waals surface area contributed by atoms with Gasteiger partial charge < -0.3 is 19.7 Å². The maximum absolute atomic E-state index is 12.0. The lowest BCUT2D eigenvalue weighted by Crippen LogP contribution is -3.14. The Bertz CT molecular complexity index is 578. The molecule has 1 aromatic rings. The molecule has 0 spiro atoms. The number of quaternary nitrogens is 1. The smallest absolute Gasteiger partial charge is 0.223 e. The summed E-state index contributed by atoms with van der Waals surface area (Å²) in [6.45, 7) is 9.65. The number of amides is 1. The number of piperazine rings is 1. The third-order valence-electron chi connectivity index (χ3n) is 4.94. The van der Waals surface area contributed by atoms with Gasteiger partial charge in [0, 0.05) is 18.0 Å². The molecule has 0 aliphatic carbocycles. The van der Waals surface area contributed by atoms with Crippen LogP contribution in [0.3, 0.4) is 0 Å². The van der Waals surface area contributed by atoms with Crippen LogP contribution in [0.15, 0.2) is 18.2 Å². The fourth-order valence-electron chi connectivity index (χ4n) is 3.11. The molecule has 23 heavy (non-hydrogen) atoms. The first-order valence-electron chi connectivity index (χ1n) is 8.28. The highest BCUT2D eigenvalue weighted by molar-refractivity contribution is 5.80. The topological polar surface area (TPSA) is 64.9 Å². The third-order valence-corrected chi connectivity index (χ3v) is 4.94. The fourth-order valence-corrected chi connectivity index (χ4v) is 3.11. The lowest BCUT2D eigenvalue weighted by Gasteiger charge is -2.35. The van der Waals surface area contributed by atoms with Crippen LogP contribution in [0, 0.1) is 13.8 Å². The summed E-state index contributed by atoms with van der Waals surface area (Å²) in [5.41, 5.74) is 3.95. The zero-order valence-corrected chi connectivity index (χ0v) is 14.2. The first-order chi connectivity index (χ1) is 10.9. The quantitative estimate of drug-likeness (QED) is 0.805. The second kappa shape index (κ2) is 7.59. The van der Waals surface area contributed by atoms with Gasteiger partial charge in [-0.15, -0.1) is 0 Å². The van der Waals surface area contributed by atoms with Crippen molar-refractivity contribution in [2.75, 3.05) is 26.2 Å². The Hall–Kier alpha value is -1.88. The van der Waals surface area contributed by atoms with Crippen LogP contribution >= 0.6 is 0 Å². The first-order valence-corrected chi connectivity index (χ1v) is 8.28. The number of nitrogens with zero attached hydrogens (tertiary/aromatic N) is 1. The third kappa shape index (κ3) is 4.55. The summed E-state index contributed by atoms with van der Waals surface area (Å²) >= 11 is 0. The largest absolute Gasteiger partial charge is 0.550 e. The molecule has 1 saturated heterocycles. The van der Waals surface area contributed by atoms with Crippen LogP contribution in [0.25, 0.3) is 0 Å². The van der Waals surface area contributed by atoms with Crippen molar-refractivity contribution in [1.29, 1.82) is 0 Å². The lowest BCUT2D eigenvalue weighted by molar-refractivity contribution is -0.933. The molecule has 0 bridgehead atoms. The van der Waals surface area contributed by atoms with E-state index in [-0.39, 0.29) is 18.7 Å². The second-order valence-electron chi connectivity index (χ2n) is 6.48. The van der Waals surface area contributed by atoms with E-state index < -0.39 is 5.97 Å². The number of carboxylic acid groups (broad SMARTS) is 1. The Kier molecular flexibility index (Phi) is 5.77. The van der Waals surface area contributed by atoms with Crippen LogP contribution < -0.4 is 10.0 Å². The van der Waals surface area contributed by atoms with Crippen LogP contribution in [0.1, 0.15) is 42.5 Å². The molecule has 0 saturated carbocycles. The highest BCUT2D eigenvalue weighted by Crippen LogP contribution is 2.15. The van der Waals surface area contributed by atoms with Gasteiger partial charge in [0.2, 0.25) is 5.91 Å². The van der Waals surface area contributed by atoms with Gasteiger partial charge in [0.15, 0.2) is 0 Å². The monoisotopic (exact) mass is 318 g/mol. The molecular formula is C18H26N2O3. The van der Waals surface area contributed by atoms with Gasteiger partial charge in [-0.3, -0.25) is 4.79 Å². The van der Waals surface area contributed by atoms with E-state index in [0.29, 0.717) is 19.1 Å². The Morgan fingerprint density at radius 1 is 1.17 bits per heavy atom. The second-order valence-corrected chi connectivity index (χ2v) is 6.48. The number of aryl methyl sites for hydroxylation is 2. The number of carbonyl (C=O) groups excluding carboxylic acids is 2. The Labute approximate surface area is 137 Å². The van der Waals surface area contributed by atoms with Gasteiger partial charge in [-0.25, -0.2) is 0 Å². The summed E-state index contributed by atoms with van der Waals surface area (Å²) in [5, 5.41) is 10.5. The molecule has 0 radical (unpaired) electrons. The van der Waals surface area contributed by atoms with Gasteiger partial charge in [-0.05, 0) is 44.4 Å². The van der Waals surface area contributed by atoms with E-state index in [1.54, 1.807) is 4.90 Å². The average molecular weight is 318 g/mol. The standard InChI is InChI=1S/C18H26N2O3/c1-13-4-5-16(12-14(13)2)15(3)19-8-10-20(11-9-19)17(21)6-7-18(22)23/h4-5,12,15H,6-11H2,1-3H3,(H,22,23)/t15-/m1/s1. The molecule has 5 nitrogen and oxygen atoms in total. The van der Waals surface area contributed by atoms with Crippen molar-refractivity contribution in [2.24, 2.45) is 0 Å². The van der Waals surface area contributed by atoms with Crippen LogP contribution in [0.2, 0.25) is 0 Å². The zero-order chi connectivity index (χ0) is 17.0. The summed E-state index contributed by atoms with van der Waals surface area (Å²) in [6.07, 6.45) is -0.144. The number of hydrogen-bond donors (Lipinski definition) is 1. The molecule has 1 heterocycles. The molecule has 126 valence electrons. The van der Waals surface area contributed by atoms with Crippen molar-refractivity contribution in [3.05, 3.63) is 34.9 Å². The highest BCUT2D eigenvalue weighted by Gasteiger charge is 2.27. The molecule has 1 N–H and O–H groups in total. The maximum Gasteiger partial charge on any atom is 0.223 e. The van der Waals surface area contributed by atoms with Gasteiger partial charge in [0.05, 0.1) is 26.2 Å². The molecular weight excluding hydrogens is 292 g/mol. The van der Waals surface area contributed by atoms with Crippen molar-refractivity contribution in [3.8, 4) is 0 Å². The minimum atomic E-state index is -1.16. The van der Waals surface area contributed by atoms with Crippen molar-refractivity contribution in [2.45, 2.75) is 39.7 Å². The van der Waals surface area contributed by atoms with E-state index in [4.69, 9.17) is 0 Å². The number of rotatable bonds is 5. The number of hydrogen-bond acceptors (Lipinski definition) is 3. The van der Waals surface area contributed by atoms with Gasteiger partial charge in [-0.1, -0.05) is 12.1 Å². The summed E-state index contributed by atoms with van der Waals surface area (Å²) in [4.78, 5) is 25.7. The van der Waals surface area contributed by atoms with Crippen molar-refractivity contribution in [3.63, 3.8) is 0 Å². The van der Waals surface area contributed by atoms with Crippen molar-refractivity contribution < 1.29 is 19.6 Å². The minimum absolute atomic E-state index is 0.0460. The number of benzene rings is 1. The number of nitrogens with one attached hydrogen (secondary N) is 1. The summed E-state index contributed by atoms with van der Waals surface area (Å²) < 4.78 is 0. The summed E-state index contributed by atoms with van der Waals surface area (Å²) in [5.74, 6) is -1.24. The van der Waals surface area contributed by atoms with E-state index in [0.717, 1.165) is 13.1 Å². The predicted octanol–water partition coefficient (Wildman–Crippen LogP) is -0.378. The van der Waals surface area contributed by atoms with E-state index in [9.17, 15) is 14.7 Å². The number of aliphatic carboxylic acids is 1. The van der Waals surface area contributed by atoms with Crippen molar-refractivity contribution in [1.82, 2.24) is 4.90 Å². The molecule has 1 aliphatic rings. The van der Waals surface area contributed by atoms with Gasteiger partial charge in [0.1, 0.15) is 6.04 Å². The van der Waals surface area contributed by atoms with Gasteiger partial charge in [0.25, 0.3) is 0 Å². The minimum Gasteiger partial charge on any atom is -0.550 e. The first kappa shape index (κ1) is 17.5. The average Bonchev–Trinajstić information content (AvgIpc) is 2.54. The molecule has 1 atom stereocenters. The molecule has 5 heteroatoms. The maximum atomic E-state index is 12.0. The molecule has 2 rings (SSSR count). The SMILES string of the molecule is Cc1ccc([C@@H](C)[NH+]2CCN(C(=O)CCC(=O)[O-])CC2)cc1C. The van der Waals surface area contributed by atoms with E-state index in [2.05, 4.69) is 39.0 Å². The van der Waals surface area contributed by atoms with Crippen LogP contribution in [0.4, 0.5) is 0 Å². The Balaban J connectivity index is 1.89. The Morgan fingerprint density at radius 2 is 1.83 bits per heavy atom. The Morgan fingerprint density at radius 3 is 2.39 bits per heavy atom. The van der Waals surface area contributed by atoms with E-state index in [1.807, 2.05) is 0 Å². The fraction of sp³-hybridized carbons (Fsp3) is 0.556. The normalized spacial score (nSPS) is 17.1. The molecule has 1 aliphatic heterocycles. The predicted molar refractivity (Wildman–Crippen MR) is 85.8 cm³/mol.